The number of nitrogens with zero attached hydrogens (tertiary/aromatic N) is 1. The number of para-hydroxylation sites is 2. The van der Waals surface area contributed by atoms with Crippen LogP contribution in [0.25, 0.3) is 0 Å². The van der Waals surface area contributed by atoms with Crippen molar-refractivity contribution in [3.63, 3.8) is 0 Å². The zero-order chi connectivity index (χ0) is 15.9. The van der Waals surface area contributed by atoms with Crippen molar-refractivity contribution in [1.29, 1.82) is 0 Å². The molecule has 0 spiro atoms. The van der Waals surface area contributed by atoms with E-state index in [2.05, 4.69) is 10.3 Å². The van der Waals surface area contributed by atoms with Gasteiger partial charge in [-0.1, -0.05) is 12.1 Å². The van der Waals surface area contributed by atoms with Crippen LogP contribution in [0.4, 0.5) is 0 Å². The van der Waals surface area contributed by atoms with Crippen LogP contribution in [0.2, 0.25) is 0 Å². The number of hydrogen-bond donors (Lipinski definition) is 2. The van der Waals surface area contributed by atoms with E-state index >= 15 is 0 Å². The monoisotopic (exact) mass is 357 g/mol. The number of carbonyl (C=O) groups is 1. The normalized spacial score (nSPS) is 11.3. The minimum Gasteiger partial charge on any atom is -0.493 e. The summed E-state index contributed by atoms with van der Waals surface area (Å²) in [4.78, 5) is 16.1. The predicted octanol–water partition coefficient (Wildman–Crippen LogP) is 2.23. The molecule has 0 fully saturated rings. The van der Waals surface area contributed by atoms with Crippen LogP contribution in [-0.4, -0.2) is 30.6 Å². The first-order valence-electron chi connectivity index (χ1n) is 6.86. The molecule has 0 saturated heterocycles. The molecular formula is C15H20ClN3O3S. The maximum Gasteiger partial charge on any atom is 0.270 e. The number of benzene rings is 1. The highest BCUT2D eigenvalue weighted by Crippen LogP contribution is 2.26. The van der Waals surface area contributed by atoms with Gasteiger partial charge in [0.25, 0.3) is 5.91 Å². The summed E-state index contributed by atoms with van der Waals surface area (Å²) in [6, 6.07) is 7.39. The molecule has 126 valence electrons. The molecule has 3 N–H and O–H groups in total. The zero-order valence-electron chi connectivity index (χ0n) is 12.9. The lowest BCUT2D eigenvalue weighted by atomic mass is 10.3. The molecule has 1 aromatic heterocycles. The van der Waals surface area contributed by atoms with E-state index in [0.29, 0.717) is 30.3 Å². The summed E-state index contributed by atoms with van der Waals surface area (Å²) in [6.45, 7) is 2.58. The molecule has 0 aliphatic heterocycles. The van der Waals surface area contributed by atoms with Gasteiger partial charge in [0, 0.05) is 11.9 Å². The number of amides is 1. The maximum absolute atomic E-state index is 12.0. The van der Waals surface area contributed by atoms with Gasteiger partial charge in [0.2, 0.25) is 0 Å². The molecule has 1 amide bonds. The second-order valence-electron chi connectivity index (χ2n) is 4.62. The molecule has 1 unspecified atom stereocenters. The van der Waals surface area contributed by atoms with E-state index in [9.17, 15) is 4.79 Å². The van der Waals surface area contributed by atoms with Crippen molar-refractivity contribution in [3.8, 4) is 11.5 Å². The largest absolute Gasteiger partial charge is 0.493 e. The van der Waals surface area contributed by atoms with Crippen molar-refractivity contribution in [2.24, 2.45) is 5.73 Å². The Morgan fingerprint density at radius 2 is 2.09 bits per heavy atom. The highest BCUT2D eigenvalue weighted by molar-refractivity contribution is 7.09. The minimum absolute atomic E-state index is 0. The lowest BCUT2D eigenvalue weighted by Gasteiger charge is -2.17. The number of rotatable bonds is 7. The third kappa shape index (κ3) is 5.38. The Morgan fingerprint density at radius 1 is 1.39 bits per heavy atom. The molecular weight excluding hydrogens is 338 g/mol. The molecule has 0 radical (unpaired) electrons. The number of carbonyl (C=O) groups excluding carboxylic acids is 1. The highest BCUT2D eigenvalue weighted by atomic mass is 35.5. The van der Waals surface area contributed by atoms with Crippen LogP contribution >= 0.6 is 23.7 Å². The number of thiazole rings is 1. The Hall–Kier alpha value is -1.83. The van der Waals surface area contributed by atoms with Gasteiger partial charge in [0.1, 0.15) is 16.8 Å². The van der Waals surface area contributed by atoms with Gasteiger partial charge in [-0.15, -0.1) is 23.7 Å². The van der Waals surface area contributed by atoms with Crippen LogP contribution in [0, 0.1) is 0 Å². The summed E-state index contributed by atoms with van der Waals surface area (Å²) < 4.78 is 11.0. The van der Waals surface area contributed by atoms with Crippen molar-refractivity contribution in [2.75, 3.05) is 13.7 Å². The fourth-order valence-electron chi connectivity index (χ4n) is 1.81. The van der Waals surface area contributed by atoms with Gasteiger partial charge in [0.15, 0.2) is 11.5 Å². The Labute approximate surface area is 145 Å². The van der Waals surface area contributed by atoms with Crippen LogP contribution in [0.5, 0.6) is 11.5 Å². The molecule has 1 aromatic carbocycles. The van der Waals surface area contributed by atoms with Gasteiger partial charge in [0.05, 0.1) is 13.7 Å². The summed E-state index contributed by atoms with van der Waals surface area (Å²) >= 11 is 1.37. The van der Waals surface area contributed by atoms with Gasteiger partial charge < -0.3 is 20.5 Å². The first kappa shape index (κ1) is 19.2. The van der Waals surface area contributed by atoms with E-state index in [1.54, 1.807) is 12.5 Å². The van der Waals surface area contributed by atoms with E-state index in [4.69, 9.17) is 15.2 Å². The third-order valence-corrected chi connectivity index (χ3v) is 3.78. The van der Waals surface area contributed by atoms with Crippen molar-refractivity contribution < 1.29 is 14.3 Å². The van der Waals surface area contributed by atoms with E-state index in [1.807, 2.05) is 31.2 Å². The van der Waals surface area contributed by atoms with Crippen molar-refractivity contribution in [2.45, 2.75) is 19.6 Å². The van der Waals surface area contributed by atoms with Gasteiger partial charge >= 0.3 is 0 Å². The number of ether oxygens (including phenoxy) is 2. The topological polar surface area (TPSA) is 86.5 Å². The molecule has 1 heterocycles. The number of methoxy groups -OCH3 is 1. The molecule has 0 aliphatic carbocycles. The van der Waals surface area contributed by atoms with E-state index in [-0.39, 0.29) is 24.4 Å². The van der Waals surface area contributed by atoms with Gasteiger partial charge in [-0.2, -0.15) is 0 Å². The Kier molecular flexibility index (Phi) is 7.80. The maximum atomic E-state index is 12.0. The first-order valence-corrected chi connectivity index (χ1v) is 7.74. The summed E-state index contributed by atoms with van der Waals surface area (Å²) in [5, 5.41) is 5.23. The van der Waals surface area contributed by atoms with E-state index in [0.717, 1.165) is 5.01 Å². The second kappa shape index (κ2) is 9.34. The van der Waals surface area contributed by atoms with Crippen LogP contribution in [0.15, 0.2) is 29.6 Å². The number of hydrogen-bond acceptors (Lipinski definition) is 6. The van der Waals surface area contributed by atoms with Crippen molar-refractivity contribution in [3.05, 3.63) is 40.3 Å². The third-order valence-electron chi connectivity index (χ3n) is 2.91. The van der Waals surface area contributed by atoms with Crippen LogP contribution < -0.4 is 20.5 Å². The van der Waals surface area contributed by atoms with Gasteiger partial charge in [-0.25, -0.2) is 4.98 Å². The Balaban J connectivity index is 0.00000264. The van der Waals surface area contributed by atoms with E-state index in [1.165, 1.54) is 11.3 Å². The standard InChI is InChI=1S/C15H19N3O3S.ClH/c1-10(21-13-6-4-3-5-12(13)20-2)8-17-15(19)11-9-22-14(7-16)18-11;/h3-6,9-10H,7-8,16H2,1-2H3,(H,17,19);1H. The molecule has 23 heavy (non-hydrogen) atoms. The summed E-state index contributed by atoms with van der Waals surface area (Å²) in [5.74, 6) is 1.07. The van der Waals surface area contributed by atoms with Crippen molar-refractivity contribution in [1.82, 2.24) is 10.3 Å². The average Bonchev–Trinajstić information content (AvgIpc) is 3.02. The molecule has 0 saturated carbocycles. The van der Waals surface area contributed by atoms with Crippen LogP contribution in [0.3, 0.4) is 0 Å². The van der Waals surface area contributed by atoms with Crippen molar-refractivity contribution >= 4 is 29.7 Å². The summed E-state index contributed by atoms with van der Waals surface area (Å²) in [5.41, 5.74) is 5.87. The number of nitrogens with two attached hydrogens (primary N) is 1. The second-order valence-corrected chi connectivity index (χ2v) is 5.56. The first-order chi connectivity index (χ1) is 10.6. The van der Waals surface area contributed by atoms with Crippen LogP contribution in [-0.2, 0) is 6.54 Å². The van der Waals surface area contributed by atoms with Gasteiger partial charge in [-0.3, -0.25) is 4.79 Å². The zero-order valence-corrected chi connectivity index (χ0v) is 14.6. The molecule has 8 heteroatoms. The smallest absolute Gasteiger partial charge is 0.270 e. The molecule has 2 aromatic rings. The number of nitrogens with one attached hydrogen (secondary N) is 1. The summed E-state index contributed by atoms with van der Waals surface area (Å²) in [7, 11) is 1.59. The highest BCUT2D eigenvalue weighted by Gasteiger charge is 2.13. The van der Waals surface area contributed by atoms with Crippen LogP contribution in [0.1, 0.15) is 22.4 Å². The van der Waals surface area contributed by atoms with E-state index < -0.39 is 0 Å². The minimum atomic E-state index is -0.230. The molecule has 6 nitrogen and oxygen atoms in total. The fraction of sp³-hybridized carbons (Fsp3) is 0.333. The molecule has 0 aliphatic rings. The lowest BCUT2D eigenvalue weighted by molar-refractivity contribution is 0.0927. The number of aromatic nitrogens is 1. The summed E-state index contributed by atoms with van der Waals surface area (Å²) in [6.07, 6.45) is -0.201. The molecule has 2 rings (SSSR count). The van der Waals surface area contributed by atoms with Gasteiger partial charge in [-0.05, 0) is 19.1 Å². The number of halogens is 1. The molecule has 0 bridgehead atoms. The average molecular weight is 358 g/mol. The fourth-order valence-corrected chi connectivity index (χ4v) is 2.47. The quantitative estimate of drug-likeness (QED) is 0.793. The SMILES string of the molecule is COc1ccccc1OC(C)CNC(=O)c1csc(CN)n1.Cl. The molecule has 1 atom stereocenters. The predicted molar refractivity (Wildman–Crippen MR) is 92.7 cm³/mol. The lowest BCUT2D eigenvalue weighted by Crippen LogP contribution is -2.33. The Morgan fingerprint density at radius 3 is 2.70 bits per heavy atom. The Bertz CT molecular complexity index is 636.